The second-order valence-electron chi connectivity index (χ2n) is 9.02. The third-order valence-electron chi connectivity index (χ3n) is 6.28. The molecule has 0 saturated heterocycles. The summed E-state index contributed by atoms with van der Waals surface area (Å²) in [5.74, 6) is 0.449. The number of rotatable bonds is 5. The highest BCUT2D eigenvalue weighted by molar-refractivity contribution is 6.00. The molecule has 0 amide bonds. The van der Waals surface area contributed by atoms with Gasteiger partial charge in [-0.1, -0.05) is 30.3 Å². The van der Waals surface area contributed by atoms with E-state index in [1.807, 2.05) is 61.5 Å². The molecule has 3 aromatic heterocycles. The first kappa shape index (κ1) is 21.7. The fourth-order valence-corrected chi connectivity index (χ4v) is 4.59. The molecule has 36 heavy (non-hydrogen) atoms. The molecule has 6 rings (SSSR count). The number of aromatic nitrogens is 4. The minimum absolute atomic E-state index is 0.449. The van der Waals surface area contributed by atoms with Crippen LogP contribution in [-0.2, 0) is 6.54 Å². The maximum Gasteiger partial charge on any atom is 0.300 e. The van der Waals surface area contributed by atoms with Gasteiger partial charge in [0.15, 0.2) is 5.58 Å². The molecule has 3 heterocycles. The predicted octanol–water partition coefficient (Wildman–Crippen LogP) is 5.81. The molecule has 0 aliphatic carbocycles. The van der Waals surface area contributed by atoms with Gasteiger partial charge in [0.2, 0.25) is 0 Å². The summed E-state index contributed by atoms with van der Waals surface area (Å²) in [5.41, 5.74) is 21.5. The quantitative estimate of drug-likeness (QED) is 0.269. The van der Waals surface area contributed by atoms with E-state index in [1.54, 1.807) is 0 Å². The summed E-state index contributed by atoms with van der Waals surface area (Å²) in [6.45, 7) is 4.72. The van der Waals surface area contributed by atoms with E-state index in [2.05, 4.69) is 44.0 Å². The van der Waals surface area contributed by atoms with Crippen molar-refractivity contribution in [3.63, 3.8) is 0 Å². The summed E-state index contributed by atoms with van der Waals surface area (Å²) in [7, 11) is 0. The van der Waals surface area contributed by atoms with E-state index in [9.17, 15) is 0 Å². The van der Waals surface area contributed by atoms with Gasteiger partial charge in [-0.05, 0) is 66.4 Å². The highest BCUT2D eigenvalue weighted by Crippen LogP contribution is 2.34. The molecule has 8 heteroatoms. The van der Waals surface area contributed by atoms with Gasteiger partial charge in [-0.3, -0.25) is 0 Å². The van der Waals surface area contributed by atoms with E-state index in [0.29, 0.717) is 18.4 Å². The maximum atomic E-state index is 6.30. The Labute approximate surface area is 207 Å². The summed E-state index contributed by atoms with van der Waals surface area (Å²) in [6.07, 6.45) is 3.57. The average Bonchev–Trinajstić information content (AvgIpc) is 3.43. The van der Waals surface area contributed by atoms with Gasteiger partial charge < -0.3 is 25.8 Å². The zero-order valence-corrected chi connectivity index (χ0v) is 20.0. The van der Waals surface area contributed by atoms with Gasteiger partial charge in [0.05, 0.1) is 5.39 Å². The number of benzene rings is 3. The molecular weight excluding hydrogens is 450 g/mol. The van der Waals surface area contributed by atoms with Crippen LogP contribution < -0.4 is 16.8 Å². The van der Waals surface area contributed by atoms with E-state index in [0.717, 1.165) is 61.3 Å². The van der Waals surface area contributed by atoms with Gasteiger partial charge in [0, 0.05) is 29.7 Å². The van der Waals surface area contributed by atoms with Crippen LogP contribution in [0.4, 0.5) is 23.2 Å². The van der Waals surface area contributed by atoms with Crippen LogP contribution in [-0.4, -0.2) is 19.5 Å². The zero-order chi connectivity index (χ0) is 24.8. The molecular formula is C28H25N7O. The van der Waals surface area contributed by atoms with Crippen LogP contribution in [0.25, 0.3) is 33.3 Å². The number of anilines is 4. The second-order valence-corrected chi connectivity index (χ2v) is 9.02. The van der Waals surface area contributed by atoms with Gasteiger partial charge in [0.1, 0.15) is 23.3 Å². The van der Waals surface area contributed by atoms with Crippen LogP contribution in [0.3, 0.4) is 0 Å². The summed E-state index contributed by atoms with van der Waals surface area (Å²) in [6, 6.07) is 20.5. The lowest BCUT2D eigenvalue weighted by atomic mass is 10.1. The van der Waals surface area contributed by atoms with Crippen LogP contribution in [0.15, 0.2) is 77.6 Å². The minimum atomic E-state index is 0.449. The monoisotopic (exact) mass is 475 g/mol. The van der Waals surface area contributed by atoms with Crippen molar-refractivity contribution in [2.75, 3.05) is 16.8 Å². The molecule has 5 N–H and O–H groups in total. The molecule has 0 atom stereocenters. The standard InChI is InChI=1S/C28H25N7O/c1-16-11-17(2)25-23(12-16)34-28(36-25)33-21-9-5-19(6-10-21)22-14-35(13-18-3-7-20(29)8-4-18)27-24(22)26(30)31-15-32-27/h3-12,14-15H,13,29H2,1-2H3,(H,33,34)(H2,30,31,32). The molecule has 0 saturated carbocycles. The Morgan fingerprint density at radius 3 is 2.50 bits per heavy atom. The number of nitrogens with one attached hydrogen (secondary N) is 1. The van der Waals surface area contributed by atoms with Gasteiger partial charge in [0.25, 0.3) is 6.01 Å². The average molecular weight is 476 g/mol. The van der Waals surface area contributed by atoms with Crippen LogP contribution in [0.2, 0.25) is 0 Å². The molecule has 0 unspecified atom stereocenters. The summed E-state index contributed by atoms with van der Waals surface area (Å²) < 4.78 is 8.03. The summed E-state index contributed by atoms with van der Waals surface area (Å²) in [4.78, 5) is 13.3. The van der Waals surface area contributed by atoms with Crippen molar-refractivity contribution >= 4 is 45.3 Å². The summed E-state index contributed by atoms with van der Waals surface area (Å²) >= 11 is 0. The molecule has 6 aromatic rings. The lowest BCUT2D eigenvalue weighted by Gasteiger charge is -2.05. The Balaban J connectivity index is 1.32. The largest absolute Gasteiger partial charge is 0.423 e. The first-order valence-corrected chi connectivity index (χ1v) is 11.6. The Kier molecular flexibility index (Phi) is 5.07. The van der Waals surface area contributed by atoms with E-state index in [1.165, 1.54) is 6.33 Å². The number of aryl methyl sites for hydroxylation is 2. The van der Waals surface area contributed by atoms with Crippen LogP contribution in [0, 0.1) is 13.8 Å². The minimum Gasteiger partial charge on any atom is -0.423 e. The van der Waals surface area contributed by atoms with Gasteiger partial charge >= 0.3 is 0 Å². The lowest BCUT2D eigenvalue weighted by molar-refractivity contribution is 0.620. The number of nitrogens with two attached hydrogens (primary N) is 2. The second kappa shape index (κ2) is 8.42. The lowest BCUT2D eigenvalue weighted by Crippen LogP contribution is -2.00. The number of nitrogens with zero attached hydrogens (tertiary/aromatic N) is 4. The fraction of sp³-hybridized carbons (Fsp3) is 0.107. The molecule has 0 aliphatic heterocycles. The van der Waals surface area contributed by atoms with Crippen molar-refractivity contribution in [3.05, 3.63) is 89.9 Å². The maximum absolute atomic E-state index is 6.30. The molecule has 8 nitrogen and oxygen atoms in total. The van der Waals surface area contributed by atoms with Crippen LogP contribution in [0.1, 0.15) is 16.7 Å². The van der Waals surface area contributed by atoms with E-state index >= 15 is 0 Å². The number of hydrogen-bond donors (Lipinski definition) is 3. The van der Waals surface area contributed by atoms with E-state index in [4.69, 9.17) is 15.9 Å². The molecule has 0 spiro atoms. The SMILES string of the molecule is Cc1cc(C)c2oc(Nc3ccc(-c4cn(Cc5ccc(N)cc5)c5ncnc(N)c45)cc3)nc2c1. The Bertz CT molecular complexity index is 1710. The van der Waals surface area contributed by atoms with Crippen molar-refractivity contribution in [2.45, 2.75) is 20.4 Å². The normalized spacial score (nSPS) is 11.4. The first-order chi connectivity index (χ1) is 17.4. The number of nitrogen functional groups attached to an aromatic ring is 2. The third kappa shape index (κ3) is 3.88. The topological polar surface area (TPSA) is 121 Å². The van der Waals surface area contributed by atoms with Crippen molar-refractivity contribution in [1.29, 1.82) is 0 Å². The molecule has 0 radical (unpaired) electrons. The Morgan fingerprint density at radius 1 is 0.944 bits per heavy atom. The zero-order valence-electron chi connectivity index (χ0n) is 20.0. The smallest absolute Gasteiger partial charge is 0.300 e. The van der Waals surface area contributed by atoms with E-state index in [-0.39, 0.29) is 0 Å². The molecule has 0 aliphatic rings. The predicted molar refractivity (Wildman–Crippen MR) is 144 cm³/mol. The Hall–Kier alpha value is -4.85. The molecule has 178 valence electrons. The van der Waals surface area contributed by atoms with Gasteiger partial charge in [-0.15, -0.1) is 0 Å². The van der Waals surface area contributed by atoms with Gasteiger partial charge in [-0.2, -0.15) is 4.98 Å². The Morgan fingerprint density at radius 2 is 1.72 bits per heavy atom. The molecule has 0 bridgehead atoms. The number of hydrogen-bond acceptors (Lipinski definition) is 7. The number of oxazole rings is 1. The third-order valence-corrected chi connectivity index (χ3v) is 6.28. The van der Waals surface area contributed by atoms with E-state index < -0.39 is 0 Å². The van der Waals surface area contributed by atoms with Crippen LogP contribution in [0.5, 0.6) is 0 Å². The summed E-state index contributed by atoms with van der Waals surface area (Å²) in [5, 5.41) is 4.10. The molecule has 3 aromatic carbocycles. The highest BCUT2D eigenvalue weighted by Gasteiger charge is 2.16. The molecule has 0 fully saturated rings. The van der Waals surface area contributed by atoms with Crippen molar-refractivity contribution in [1.82, 2.24) is 19.5 Å². The van der Waals surface area contributed by atoms with Crippen molar-refractivity contribution in [3.8, 4) is 11.1 Å². The van der Waals surface area contributed by atoms with Gasteiger partial charge in [-0.25, -0.2) is 9.97 Å². The fourth-order valence-electron chi connectivity index (χ4n) is 4.59. The first-order valence-electron chi connectivity index (χ1n) is 11.6. The van der Waals surface area contributed by atoms with Crippen molar-refractivity contribution < 1.29 is 4.42 Å². The highest BCUT2D eigenvalue weighted by atomic mass is 16.4. The number of fused-ring (bicyclic) bond motifs is 2. The van der Waals surface area contributed by atoms with Crippen molar-refractivity contribution in [2.24, 2.45) is 0 Å². The van der Waals surface area contributed by atoms with Crippen LogP contribution >= 0.6 is 0 Å².